The lowest BCUT2D eigenvalue weighted by molar-refractivity contribution is 0.176. The quantitative estimate of drug-likeness (QED) is 0.791. The third-order valence-corrected chi connectivity index (χ3v) is 4.01. The zero-order valence-corrected chi connectivity index (χ0v) is 13.5. The van der Waals surface area contributed by atoms with E-state index in [1.165, 1.54) is 6.07 Å². The van der Waals surface area contributed by atoms with E-state index in [1.807, 2.05) is 25.1 Å². The first-order valence-corrected chi connectivity index (χ1v) is 7.44. The lowest BCUT2D eigenvalue weighted by Gasteiger charge is -2.14. The third kappa shape index (κ3) is 3.65. The Morgan fingerprint density at radius 3 is 2.37 bits per heavy atom. The van der Waals surface area contributed by atoms with Gasteiger partial charge in [0.05, 0.1) is 6.10 Å². The van der Waals surface area contributed by atoms with Gasteiger partial charge in [-0.15, -0.1) is 0 Å². The minimum atomic E-state index is -0.705. The largest absolute Gasteiger partial charge is 0.388 e. The third-order valence-electron chi connectivity index (χ3n) is 3.02. The van der Waals surface area contributed by atoms with E-state index >= 15 is 0 Å². The summed E-state index contributed by atoms with van der Waals surface area (Å²) >= 11 is 6.60. The van der Waals surface area contributed by atoms with Crippen LogP contribution in [0.3, 0.4) is 0 Å². The van der Waals surface area contributed by atoms with Crippen molar-refractivity contribution in [3.8, 4) is 0 Å². The number of aliphatic hydroxyl groups excluding tert-OH is 1. The molecule has 1 N–H and O–H groups in total. The maximum absolute atomic E-state index is 13.7. The number of hydrogen-bond acceptors (Lipinski definition) is 1. The molecule has 0 heterocycles. The van der Waals surface area contributed by atoms with E-state index in [-0.39, 0.29) is 12.2 Å². The Morgan fingerprint density at radius 1 is 1.11 bits per heavy atom. The summed E-state index contributed by atoms with van der Waals surface area (Å²) < 4.78 is 15.4. The van der Waals surface area contributed by atoms with Crippen molar-refractivity contribution in [1.82, 2.24) is 0 Å². The average Bonchev–Trinajstić information content (AvgIpc) is 2.32. The Kier molecular flexibility index (Phi) is 4.76. The second-order valence-electron chi connectivity index (χ2n) is 4.46. The molecule has 2 aromatic rings. The lowest BCUT2D eigenvalue weighted by Crippen LogP contribution is -2.05. The molecule has 100 valence electrons. The van der Waals surface area contributed by atoms with Crippen molar-refractivity contribution >= 4 is 31.9 Å². The van der Waals surface area contributed by atoms with Crippen LogP contribution in [0, 0.1) is 12.7 Å². The summed E-state index contributed by atoms with van der Waals surface area (Å²) in [6.07, 6.45) is -0.439. The molecule has 1 atom stereocenters. The van der Waals surface area contributed by atoms with Crippen LogP contribution >= 0.6 is 31.9 Å². The second kappa shape index (κ2) is 6.16. The highest BCUT2D eigenvalue weighted by atomic mass is 79.9. The number of hydrogen-bond donors (Lipinski definition) is 1. The van der Waals surface area contributed by atoms with Gasteiger partial charge in [-0.05, 0) is 47.9 Å². The van der Waals surface area contributed by atoms with Crippen LogP contribution in [-0.2, 0) is 6.42 Å². The highest BCUT2D eigenvalue weighted by molar-refractivity contribution is 9.10. The smallest absolute Gasteiger partial charge is 0.127 e. The van der Waals surface area contributed by atoms with E-state index < -0.39 is 6.10 Å². The Bertz CT molecular complexity index is 599. The van der Waals surface area contributed by atoms with Crippen LogP contribution in [0.15, 0.2) is 45.3 Å². The molecule has 1 unspecified atom stereocenters. The molecule has 1 nitrogen and oxygen atoms in total. The van der Waals surface area contributed by atoms with Gasteiger partial charge in [0.25, 0.3) is 0 Å². The van der Waals surface area contributed by atoms with Crippen molar-refractivity contribution in [3.63, 3.8) is 0 Å². The molecule has 0 fully saturated rings. The molecule has 2 aromatic carbocycles. The standard InChI is InChI=1S/C15H13Br2FO/c1-9-6-11(16)4-5-13(9)15(19)7-10-2-3-12(17)8-14(10)18/h2-6,8,15,19H,7H2,1H3. The zero-order chi connectivity index (χ0) is 14.0. The van der Waals surface area contributed by atoms with E-state index in [1.54, 1.807) is 12.1 Å². The molecule has 0 saturated heterocycles. The van der Waals surface area contributed by atoms with Gasteiger partial charge in [-0.25, -0.2) is 4.39 Å². The average molecular weight is 388 g/mol. The maximum Gasteiger partial charge on any atom is 0.127 e. The van der Waals surface area contributed by atoms with Crippen LogP contribution in [0.25, 0.3) is 0 Å². The molecule has 2 rings (SSSR count). The summed E-state index contributed by atoms with van der Waals surface area (Å²) in [6, 6.07) is 10.6. The number of halogens is 3. The molecule has 0 aliphatic rings. The number of aryl methyl sites for hydroxylation is 1. The van der Waals surface area contributed by atoms with Crippen LogP contribution in [-0.4, -0.2) is 5.11 Å². The van der Waals surface area contributed by atoms with Gasteiger partial charge >= 0.3 is 0 Å². The Hall–Kier alpha value is -0.710. The summed E-state index contributed by atoms with van der Waals surface area (Å²) in [5.41, 5.74) is 2.32. The molecule has 0 bridgehead atoms. The first-order valence-electron chi connectivity index (χ1n) is 5.85. The zero-order valence-electron chi connectivity index (χ0n) is 10.3. The predicted octanol–water partition coefficient (Wildman–Crippen LogP) is 4.94. The van der Waals surface area contributed by atoms with Crippen molar-refractivity contribution in [3.05, 3.63) is 67.9 Å². The molecule has 19 heavy (non-hydrogen) atoms. The molecule has 0 aliphatic carbocycles. The van der Waals surface area contributed by atoms with Crippen molar-refractivity contribution in [2.45, 2.75) is 19.4 Å². The molecular weight excluding hydrogens is 375 g/mol. The van der Waals surface area contributed by atoms with Gasteiger partial charge in [-0.2, -0.15) is 0 Å². The minimum absolute atomic E-state index is 0.265. The van der Waals surface area contributed by atoms with Crippen molar-refractivity contribution < 1.29 is 9.50 Å². The minimum Gasteiger partial charge on any atom is -0.388 e. The number of rotatable bonds is 3. The van der Waals surface area contributed by atoms with Crippen LogP contribution in [0.4, 0.5) is 4.39 Å². The van der Waals surface area contributed by atoms with E-state index in [9.17, 15) is 9.50 Å². The Balaban J connectivity index is 2.23. The summed E-state index contributed by atoms with van der Waals surface area (Å²) in [4.78, 5) is 0. The van der Waals surface area contributed by atoms with E-state index in [4.69, 9.17) is 0 Å². The van der Waals surface area contributed by atoms with E-state index in [2.05, 4.69) is 31.9 Å². The van der Waals surface area contributed by atoms with Crippen molar-refractivity contribution in [2.75, 3.05) is 0 Å². The summed E-state index contributed by atoms with van der Waals surface area (Å²) in [7, 11) is 0. The topological polar surface area (TPSA) is 20.2 Å². The van der Waals surface area contributed by atoms with Gasteiger partial charge in [0.15, 0.2) is 0 Å². The van der Waals surface area contributed by atoms with Crippen LogP contribution in [0.2, 0.25) is 0 Å². The normalized spacial score (nSPS) is 12.5. The van der Waals surface area contributed by atoms with Crippen molar-refractivity contribution in [1.29, 1.82) is 0 Å². The molecule has 0 radical (unpaired) electrons. The second-order valence-corrected chi connectivity index (χ2v) is 6.29. The SMILES string of the molecule is Cc1cc(Br)ccc1C(O)Cc1ccc(Br)cc1F. The molecule has 0 spiro atoms. The fourth-order valence-corrected chi connectivity index (χ4v) is 2.83. The fraction of sp³-hybridized carbons (Fsp3) is 0.200. The Morgan fingerprint density at radius 2 is 1.74 bits per heavy atom. The van der Waals surface area contributed by atoms with Crippen LogP contribution in [0.1, 0.15) is 22.8 Å². The van der Waals surface area contributed by atoms with Crippen LogP contribution < -0.4 is 0 Å². The molecular formula is C15H13Br2FO. The first-order chi connectivity index (χ1) is 8.97. The lowest BCUT2D eigenvalue weighted by atomic mass is 9.97. The molecule has 0 amide bonds. The van der Waals surface area contributed by atoms with E-state index in [0.717, 1.165) is 15.6 Å². The maximum atomic E-state index is 13.7. The van der Waals surface area contributed by atoms with Gasteiger partial charge in [0, 0.05) is 15.4 Å². The molecule has 0 aromatic heterocycles. The van der Waals surface area contributed by atoms with Gasteiger partial charge < -0.3 is 5.11 Å². The number of aliphatic hydroxyl groups is 1. The van der Waals surface area contributed by atoms with E-state index in [0.29, 0.717) is 10.0 Å². The van der Waals surface area contributed by atoms with Gasteiger partial charge in [0.2, 0.25) is 0 Å². The fourth-order valence-electron chi connectivity index (χ4n) is 2.02. The summed E-state index contributed by atoms with van der Waals surface area (Å²) in [5.74, 6) is -0.303. The first kappa shape index (κ1) is 14.7. The number of benzene rings is 2. The molecule has 0 aliphatic heterocycles. The molecule has 4 heteroatoms. The summed E-state index contributed by atoms with van der Waals surface area (Å²) in [6.45, 7) is 1.93. The molecule has 0 saturated carbocycles. The van der Waals surface area contributed by atoms with Gasteiger partial charge in [-0.1, -0.05) is 44.0 Å². The van der Waals surface area contributed by atoms with Crippen LogP contribution in [0.5, 0.6) is 0 Å². The van der Waals surface area contributed by atoms with Gasteiger partial charge in [-0.3, -0.25) is 0 Å². The predicted molar refractivity (Wildman–Crippen MR) is 81.6 cm³/mol. The monoisotopic (exact) mass is 386 g/mol. The summed E-state index contributed by atoms with van der Waals surface area (Å²) in [5, 5.41) is 10.2. The highest BCUT2D eigenvalue weighted by Gasteiger charge is 2.14. The van der Waals surface area contributed by atoms with Crippen molar-refractivity contribution in [2.24, 2.45) is 0 Å². The Labute approximate surface area is 128 Å². The van der Waals surface area contributed by atoms with Gasteiger partial charge in [0.1, 0.15) is 5.82 Å². The highest BCUT2D eigenvalue weighted by Crippen LogP contribution is 2.26.